The number of aromatic nitrogens is 2. The fourth-order valence-electron chi connectivity index (χ4n) is 3.33. The van der Waals surface area contributed by atoms with Crippen molar-refractivity contribution in [3.63, 3.8) is 0 Å². The Balaban J connectivity index is 1.57. The standard InChI is InChI=1S/C19H18FN3O2/c1-22-12-14(11-21-22)16-3-2-10-23(16)19(24)18-9-8-17(25-18)13-4-6-15(20)7-5-13/h4-9,11-12,16H,2-3,10H2,1H3/t16-/m1/s1. The third-order valence-electron chi connectivity index (χ3n) is 4.57. The smallest absolute Gasteiger partial charge is 0.290 e. The van der Waals surface area contributed by atoms with Gasteiger partial charge in [-0.1, -0.05) is 0 Å². The fraction of sp³-hybridized carbons (Fsp3) is 0.263. The monoisotopic (exact) mass is 339 g/mol. The minimum atomic E-state index is -0.303. The Morgan fingerprint density at radius 2 is 2.04 bits per heavy atom. The van der Waals surface area contributed by atoms with Crippen LogP contribution in [0.25, 0.3) is 11.3 Å². The minimum absolute atomic E-state index is 0.0283. The number of hydrogen-bond donors (Lipinski definition) is 0. The van der Waals surface area contributed by atoms with Crippen molar-refractivity contribution in [1.82, 2.24) is 14.7 Å². The Morgan fingerprint density at radius 3 is 2.76 bits per heavy atom. The predicted octanol–water partition coefficient (Wildman–Crippen LogP) is 3.80. The maximum absolute atomic E-state index is 13.0. The lowest BCUT2D eigenvalue weighted by Crippen LogP contribution is -2.30. The first-order valence-corrected chi connectivity index (χ1v) is 8.27. The molecule has 6 heteroatoms. The predicted molar refractivity (Wildman–Crippen MR) is 90.3 cm³/mol. The van der Waals surface area contributed by atoms with Crippen molar-refractivity contribution in [2.45, 2.75) is 18.9 Å². The zero-order valence-electron chi connectivity index (χ0n) is 13.9. The van der Waals surface area contributed by atoms with Crippen LogP contribution in [0.3, 0.4) is 0 Å². The molecule has 3 aromatic rings. The Morgan fingerprint density at radius 1 is 1.24 bits per heavy atom. The highest BCUT2D eigenvalue weighted by molar-refractivity contribution is 5.92. The van der Waals surface area contributed by atoms with E-state index in [1.54, 1.807) is 28.9 Å². The average Bonchev–Trinajstić information content (AvgIpc) is 3.35. The van der Waals surface area contributed by atoms with Crippen molar-refractivity contribution < 1.29 is 13.6 Å². The van der Waals surface area contributed by atoms with E-state index in [4.69, 9.17) is 4.42 Å². The van der Waals surface area contributed by atoms with E-state index in [0.29, 0.717) is 18.1 Å². The molecule has 5 nitrogen and oxygen atoms in total. The van der Waals surface area contributed by atoms with Gasteiger partial charge in [0, 0.05) is 30.9 Å². The average molecular weight is 339 g/mol. The molecule has 4 rings (SSSR count). The molecule has 1 aliphatic heterocycles. The Kier molecular flexibility index (Phi) is 3.87. The molecule has 0 radical (unpaired) electrons. The maximum atomic E-state index is 13.0. The summed E-state index contributed by atoms with van der Waals surface area (Å²) in [5.41, 5.74) is 1.78. The van der Waals surface area contributed by atoms with Crippen LogP contribution in [-0.2, 0) is 7.05 Å². The Labute approximate surface area is 144 Å². The molecular weight excluding hydrogens is 321 g/mol. The molecule has 0 unspecified atom stereocenters. The van der Waals surface area contributed by atoms with Crippen LogP contribution in [0.4, 0.5) is 4.39 Å². The van der Waals surface area contributed by atoms with Gasteiger partial charge in [-0.2, -0.15) is 5.10 Å². The molecule has 1 fully saturated rings. The van der Waals surface area contributed by atoms with Gasteiger partial charge >= 0.3 is 0 Å². The number of aryl methyl sites for hydroxylation is 1. The topological polar surface area (TPSA) is 51.3 Å². The Bertz CT molecular complexity index is 898. The molecule has 1 amide bonds. The van der Waals surface area contributed by atoms with Crippen molar-refractivity contribution in [2.24, 2.45) is 7.05 Å². The lowest BCUT2D eigenvalue weighted by atomic mass is 10.1. The van der Waals surface area contributed by atoms with Crippen molar-refractivity contribution in [1.29, 1.82) is 0 Å². The van der Waals surface area contributed by atoms with E-state index >= 15 is 0 Å². The van der Waals surface area contributed by atoms with Crippen LogP contribution in [0, 0.1) is 5.82 Å². The summed E-state index contributed by atoms with van der Waals surface area (Å²) in [4.78, 5) is 14.7. The van der Waals surface area contributed by atoms with Crippen molar-refractivity contribution in [2.75, 3.05) is 6.54 Å². The van der Waals surface area contributed by atoms with Crippen molar-refractivity contribution in [3.05, 3.63) is 65.9 Å². The summed E-state index contributed by atoms with van der Waals surface area (Å²) in [6, 6.07) is 9.47. The van der Waals surface area contributed by atoms with E-state index in [9.17, 15) is 9.18 Å². The maximum Gasteiger partial charge on any atom is 0.290 e. The second-order valence-electron chi connectivity index (χ2n) is 6.27. The van der Waals surface area contributed by atoms with Crippen LogP contribution in [0.5, 0.6) is 0 Å². The van der Waals surface area contributed by atoms with Gasteiger partial charge in [0.2, 0.25) is 0 Å². The van der Waals surface area contributed by atoms with Crippen LogP contribution in [0.1, 0.15) is 35.0 Å². The second kappa shape index (κ2) is 6.20. The molecule has 0 bridgehead atoms. The summed E-state index contributed by atoms with van der Waals surface area (Å²) >= 11 is 0. The van der Waals surface area contributed by atoms with E-state index in [1.807, 2.05) is 24.3 Å². The van der Waals surface area contributed by atoms with Gasteiger partial charge in [0.15, 0.2) is 5.76 Å². The highest BCUT2D eigenvalue weighted by Gasteiger charge is 2.32. The van der Waals surface area contributed by atoms with Gasteiger partial charge in [-0.25, -0.2) is 4.39 Å². The van der Waals surface area contributed by atoms with Gasteiger partial charge in [-0.15, -0.1) is 0 Å². The van der Waals surface area contributed by atoms with Gasteiger partial charge in [0.05, 0.1) is 12.2 Å². The number of hydrogen-bond acceptors (Lipinski definition) is 3. The number of benzene rings is 1. The number of likely N-dealkylation sites (tertiary alicyclic amines) is 1. The zero-order valence-corrected chi connectivity index (χ0v) is 13.9. The van der Waals surface area contributed by atoms with Crippen LogP contribution in [0.15, 0.2) is 53.2 Å². The molecule has 128 valence electrons. The van der Waals surface area contributed by atoms with Crippen molar-refractivity contribution in [3.8, 4) is 11.3 Å². The largest absolute Gasteiger partial charge is 0.451 e. The second-order valence-corrected chi connectivity index (χ2v) is 6.27. The SMILES string of the molecule is Cn1cc([C@H]2CCCN2C(=O)c2ccc(-c3ccc(F)cc3)o2)cn1. The lowest BCUT2D eigenvalue weighted by molar-refractivity contribution is 0.0704. The van der Waals surface area contributed by atoms with Crippen molar-refractivity contribution >= 4 is 5.91 Å². The van der Waals surface area contributed by atoms with Crippen LogP contribution >= 0.6 is 0 Å². The van der Waals surface area contributed by atoms with Gasteiger partial charge < -0.3 is 9.32 Å². The summed E-state index contributed by atoms with van der Waals surface area (Å²) < 4.78 is 20.5. The zero-order chi connectivity index (χ0) is 17.4. The van der Waals surface area contributed by atoms with Gasteiger partial charge in [0.25, 0.3) is 5.91 Å². The number of carbonyl (C=O) groups excluding carboxylic acids is 1. The summed E-state index contributed by atoms with van der Waals surface area (Å²) in [6.07, 6.45) is 5.63. The highest BCUT2D eigenvalue weighted by Crippen LogP contribution is 2.33. The van der Waals surface area contributed by atoms with E-state index in [1.165, 1.54) is 12.1 Å². The van der Waals surface area contributed by atoms with Crippen LogP contribution in [-0.4, -0.2) is 27.1 Å². The lowest BCUT2D eigenvalue weighted by Gasteiger charge is -2.22. The van der Waals surface area contributed by atoms with E-state index in [-0.39, 0.29) is 17.8 Å². The molecule has 0 aliphatic carbocycles. The van der Waals surface area contributed by atoms with Gasteiger partial charge in [0.1, 0.15) is 11.6 Å². The number of halogens is 1. The number of carbonyl (C=O) groups is 1. The molecule has 1 aromatic carbocycles. The minimum Gasteiger partial charge on any atom is -0.451 e. The van der Waals surface area contributed by atoms with Crippen LogP contribution < -0.4 is 0 Å². The first-order valence-electron chi connectivity index (χ1n) is 8.27. The number of amides is 1. The molecular formula is C19H18FN3O2. The molecule has 0 spiro atoms. The molecule has 1 aliphatic rings. The number of rotatable bonds is 3. The van der Waals surface area contributed by atoms with Gasteiger partial charge in [-0.05, 0) is 49.2 Å². The number of furan rings is 1. The highest BCUT2D eigenvalue weighted by atomic mass is 19.1. The summed E-state index contributed by atoms with van der Waals surface area (Å²) in [7, 11) is 1.87. The third-order valence-corrected chi connectivity index (χ3v) is 4.57. The van der Waals surface area contributed by atoms with Crippen LogP contribution in [0.2, 0.25) is 0 Å². The molecule has 1 saturated heterocycles. The molecule has 0 N–H and O–H groups in total. The van der Waals surface area contributed by atoms with E-state index in [2.05, 4.69) is 5.10 Å². The molecule has 25 heavy (non-hydrogen) atoms. The fourth-order valence-corrected chi connectivity index (χ4v) is 3.33. The first-order chi connectivity index (χ1) is 12.1. The Hall–Kier alpha value is -2.89. The van der Waals surface area contributed by atoms with Gasteiger partial charge in [-0.3, -0.25) is 9.48 Å². The summed E-state index contributed by atoms with van der Waals surface area (Å²) in [5, 5.41) is 4.20. The molecule has 3 heterocycles. The van der Waals surface area contributed by atoms with E-state index in [0.717, 1.165) is 24.0 Å². The quantitative estimate of drug-likeness (QED) is 0.729. The molecule has 0 saturated carbocycles. The number of nitrogens with zero attached hydrogens (tertiary/aromatic N) is 3. The first kappa shape index (κ1) is 15.6. The van der Waals surface area contributed by atoms with E-state index < -0.39 is 0 Å². The normalized spacial score (nSPS) is 17.2. The third kappa shape index (κ3) is 2.95. The summed E-state index contributed by atoms with van der Waals surface area (Å²) in [6.45, 7) is 0.699. The molecule has 2 aromatic heterocycles. The molecule has 1 atom stereocenters. The summed E-state index contributed by atoms with van der Waals surface area (Å²) in [5.74, 6) is 0.429.